The fourth-order valence-electron chi connectivity index (χ4n) is 3.17. The number of carbonyl (C=O) groups is 1. The number of furan rings is 1. The van der Waals surface area contributed by atoms with Crippen molar-refractivity contribution < 1.29 is 18.8 Å². The smallest absolute Gasteiger partial charge is 0.310 e. The Morgan fingerprint density at radius 1 is 1.28 bits per heavy atom. The molecule has 1 aromatic heterocycles. The number of nitrogens with zero attached hydrogens (tertiary/aromatic N) is 1. The number of benzene rings is 1. The molecule has 3 rings (SSSR count). The Bertz CT molecular complexity index is 748. The highest BCUT2D eigenvalue weighted by Crippen LogP contribution is 2.57. The first-order valence-corrected chi connectivity index (χ1v) is 8.36. The van der Waals surface area contributed by atoms with Gasteiger partial charge >= 0.3 is 5.97 Å². The van der Waals surface area contributed by atoms with E-state index in [0.717, 1.165) is 17.7 Å². The van der Waals surface area contributed by atoms with E-state index in [0.29, 0.717) is 0 Å². The zero-order valence-corrected chi connectivity index (χ0v) is 14.8. The van der Waals surface area contributed by atoms with Crippen LogP contribution in [0.25, 0.3) is 0 Å². The van der Waals surface area contributed by atoms with Crippen molar-refractivity contribution in [2.75, 3.05) is 7.11 Å². The van der Waals surface area contributed by atoms with Crippen molar-refractivity contribution in [1.82, 2.24) is 0 Å². The van der Waals surface area contributed by atoms with Crippen LogP contribution in [0.1, 0.15) is 30.7 Å². The summed E-state index contributed by atoms with van der Waals surface area (Å²) in [6.45, 7) is 4.28. The van der Waals surface area contributed by atoms with Crippen molar-refractivity contribution >= 4 is 12.2 Å². The number of oxime groups is 1. The van der Waals surface area contributed by atoms with Crippen molar-refractivity contribution in [1.29, 1.82) is 0 Å². The summed E-state index contributed by atoms with van der Waals surface area (Å²) >= 11 is 0. The Kier molecular flexibility index (Phi) is 4.93. The number of esters is 1. The molecule has 25 heavy (non-hydrogen) atoms. The van der Waals surface area contributed by atoms with Gasteiger partial charge < -0.3 is 14.0 Å². The standard InChI is InChI=1S/C20H23NO4/c1-20(2)17(11-21-23-3)18(20)19(22)25-13-15-10-16(24-12-15)9-14-7-5-4-6-8-14/h4-8,10-12,17-18H,9,13H2,1-3H3/t17-,18-/m0/s1. The van der Waals surface area contributed by atoms with Gasteiger partial charge in [0.15, 0.2) is 0 Å². The molecule has 1 aliphatic rings. The van der Waals surface area contributed by atoms with E-state index in [1.807, 2.05) is 38.1 Å². The number of carbonyl (C=O) groups excluding carboxylic acids is 1. The van der Waals surface area contributed by atoms with E-state index in [2.05, 4.69) is 17.3 Å². The number of hydrogen-bond acceptors (Lipinski definition) is 5. The fourth-order valence-corrected chi connectivity index (χ4v) is 3.17. The molecule has 5 heteroatoms. The van der Waals surface area contributed by atoms with Gasteiger partial charge in [-0.15, -0.1) is 0 Å². The maximum atomic E-state index is 12.3. The average molecular weight is 341 g/mol. The summed E-state index contributed by atoms with van der Waals surface area (Å²) in [5.74, 6) is 0.525. The molecule has 2 atom stereocenters. The maximum Gasteiger partial charge on any atom is 0.310 e. The predicted molar refractivity (Wildman–Crippen MR) is 94.0 cm³/mol. The van der Waals surface area contributed by atoms with E-state index in [4.69, 9.17) is 14.0 Å². The molecule has 0 radical (unpaired) electrons. The molecule has 132 valence electrons. The van der Waals surface area contributed by atoms with Gasteiger partial charge in [-0.1, -0.05) is 49.3 Å². The summed E-state index contributed by atoms with van der Waals surface area (Å²) in [5, 5.41) is 3.78. The number of rotatable bonds is 7. The highest BCUT2D eigenvalue weighted by atomic mass is 16.6. The van der Waals surface area contributed by atoms with E-state index in [9.17, 15) is 4.79 Å². The van der Waals surface area contributed by atoms with Gasteiger partial charge in [0.1, 0.15) is 19.5 Å². The second kappa shape index (κ2) is 7.13. The minimum Gasteiger partial charge on any atom is -0.469 e. The zero-order chi connectivity index (χ0) is 17.9. The van der Waals surface area contributed by atoms with Crippen LogP contribution >= 0.6 is 0 Å². The van der Waals surface area contributed by atoms with Crippen LogP contribution in [0.5, 0.6) is 0 Å². The molecule has 0 unspecified atom stereocenters. The topological polar surface area (TPSA) is 61.0 Å². The first-order valence-electron chi connectivity index (χ1n) is 8.36. The lowest BCUT2D eigenvalue weighted by molar-refractivity contribution is -0.147. The van der Waals surface area contributed by atoms with Crippen molar-refractivity contribution in [3.05, 3.63) is 59.5 Å². The molecule has 0 spiro atoms. The predicted octanol–water partition coefficient (Wildman–Crippen LogP) is 3.82. The molecule has 0 aliphatic heterocycles. The van der Waals surface area contributed by atoms with Crippen molar-refractivity contribution in [3.63, 3.8) is 0 Å². The molecule has 0 N–H and O–H groups in total. The molecule has 1 saturated carbocycles. The van der Waals surface area contributed by atoms with Gasteiger partial charge in [-0.2, -0.15) is 0 Å². The van der Waals surface area contributed by atoms with E-state index in [-0.39, 0.29) is 29.8 Å². The Morgan fingerprint density at radius 3 is 2.76 bits per heavy atom. The molecule has 1 aliphatic carbocycles. The van der Waals surface area contributed by atoms with Crippen molar-refractivity contribution in [3.8, 4) is 0 Å². The van der Waals surface area contributed by atoms with Crippen molar-refractivity contribution in [2.24, 2.45) is 22.4 Å². The molecular weight excluding hydrogens is 318 g/mol. The lowest BCUT2D eigenvalue weighted by atomic mass is 10.1. The maximum absolute atomic E-state index is 12.3. The molecule has 1 aromatic carbocycles. The average Bonchev–Trinajstić information content (AvgIpc) is 2.92. The number of hydrogen-bond donors (Lipinski definition) is 0. The fraction of sp³-hybridized carbons (Fsp3) is 0.400. The second-order valence-corrected chi connectivity index (χ2v) is 6.95. The third-order valence-corrected chi connectivity index (χ3v) is 4.80. The largest absolute Gasteiger partial charge is 0.469 e. The molecule has 5 nitrogen and oxygen atoms in total. The molecule has 0 amide bonds. The van der Waals surface area contributed by atoms with Crippen LogP contribution in [0.4, 0.5) is 0 Å². The molecule has 0 saturated heterocycles. The summed E-state index contributed by atoms with van der Waals surface area (Å²) < 4.78 is 11.0. The van der Waals surface area contributed by atoms with E-state index in [1.54, 1.807) is 12.5 Å². The Morgan fingerprint density at radius 2 is 2.04 bits per heavy atom. The molecule has 2 aromatic rings. The van der Waals surface area contributed by atoms with Gasteiger partial charge in [-0.3, -0.25) is 4.79 Å². The molecule has 0 bridgehead atoms. The van der Waals surface area contributed by atoms with Gasteiger partial charge in [0, 0.05) is 24.1 Å². The van der Waals surface area contributed by atoms with Crippen LogP contribution in [0.2, 0.25) is 0 Å². The zero-order valence-electron chi connectivity index (χ0n) is 14.8. The second-order valence-electron chi connectivity index (χ2n) is 6.95. The van der Waals surface area contributed by atoms with E-state index >= 15 is 0 Å². The van der Waals surface area contributed by atoms with Crippen molar-refractivity contribution in [2.45, 2.75) is 26.9 Å². The van der Waals surface area contributed by atoms with Crippen LogP contribution in [0.3, 0.4) is 0 Å². The Hall–Kier alpha value is -2.56. The summed E-state index contributed by atoms with van der Waals surface area (Å²) in [6, 6.07) is 12.0. The van der Waals surface area contributed by atoms with Gasteiger partial charge in [0.05, 0.1) is 12.2 Å². The monoisotopic (exact) mass is 341 g/mol. The minimum atomic E-state index is -0.205. The third-order valence-electron chi connectivity index (χ3n) is 4.80. The van der Waals surface area contributed by atoms with Crippen LogP contribution in [0.15, 0.2) is 52.2 Å². The quantitative estimate of drug-likeness (QED) is 0.436. The van der Waals surface area contributed by atoms with Crippen LogP contribution in [-0.2, 0) is 27.4 Å². The summed E-state index contributed by atoms with van der Waals surface area (Å²) in [6.07, 6.45) is 4.05. The van der Waals surface area contributed by atoms with E-state index < -0.39 is 0 Å². The van der Waals surface area contributed by atoms with E-state index in [1.165, 1.54) is 12.7 Å². The van der Waals surface area contributed by atoms with Gasteiger partial charge in [-0.25, -0.2) is 0 Å². The van der Waals surface area contributed by atoms with Gasteiger partial charge in [0.2, 0.25) is 0 Å². The summed E-state index contributed by atoms with van der Waals surface area (Å²) in [5.41, 5.74) is 1.90. The van der Waals surface area contributed by atoms with Gasteiger partial charge in [-0.05, 0) is 17.0 Å². The summed E-state index contributed by atoms with van der Waals surface area (Å²) in [4.78, 5) is 17.0. The van der Waals surface area contributed by atoms with Crippen LogP contribution in [-0.4, -0.2) is 19.3 Å². The Balaban J connectivity index is 1.52. The highest BCUT2D eigenvalue weighted by molar-refractivity contribution is 5.85. The normalized spacial score (nSPS) is 21.2. The molecule has 1 fully saturated rings. The lowest BCUT2D eigenvalue weighted by Gasteiger charge is -2.03. The lowest BCUT2D eigenvalue weighted by Crippen LogP contribution is -2.10. The minimum absolute atomic E-state index is 0.0536. The SMILES string of the molecule is CON=C[C@H]1[C@@H](C(=O)OCc2coc(Cc3ccccc3)c2)C1(C)C. The molecular formula is C20H23NO4. The van der Waals surface area contributed by atoms with Crippen LogP contribution < -0.4 is 0 Å². The van der Waals surface area contributed by atoms with Gasteiger partial charge in [0.25, 0.3) is 0 Å². The Labute approximate surface area is 147 Å². The molecule has 1 heterocycles. The first-order chi connectivity index (χ1) is 12.0. The third kappa shape index (κ3) is 3.92. The number of ether oxygens (including phenoxy) is 1. The first kappa shape index (κ1) is 17.3. The van der Waals surface area contributed by atoms with Crippen LogP contribution in [0, 0.1) is 17.3 Å². The highest BCUT2D eigenvalue weighted by Gasteiger charge is 2.62. The summed E-state index contributed by atoms with van der Waals surface area (Å²) in [7, 11) is 1.49.